The molecule has 0 aliphatic carbocycles. The molecule has 0 unspecified atom stereocenters. The maximum atomic E-state index is 13.5. The minimum absolute atomic E-state index is 0.0153. The van der Waals surface area contributed by atoms with Crippen molar-refractivity contribution in [3.05, 3.63) is 47.4 Å². The van der Waals surface area contributed by atoms with E-state index in [0.717, 1.165) is 6.07 Å². The second-order valence-corrected chi connectivity index (χ2v) is 9.25. The number of sulfonamides is 1. The molecule has 1 heterocycles. The van der Waals surface area contributed by atoms with Gasteiger partial charge in [0.25, 0.3) is 10.0 Å². The van der Waals surface area contributed by atoms with Crippen LogP contribution in [0.15, 0.2) is 35.4 Å². The number of aliphatic carboxylic acids is 1. The molecule has 10 nitrogen and oxygen atoms in total. The van der Waals surface area contributed by atoms with E-state index < -0.39 is 34.0 Å². The van der Waals surface area contributed by atoms with Gasteiger partial charge in [0.1, 0.15) is 17.2 Å². The molecule has 2 aromatic rings. The number of nitrogens with zero attached hydrogens (tertiary/aromatic N) is 3. The molecule has 0 aliphatic heterocycles. The van der Waals surface area contributed by atoms with Crippen LogP contribution in [0.25, 0.3) is 0 Å². The summed E-state index contributed by atoms with van der Waals surface area (Å²) < 4.78 is 72.8. The summed E-state index contributed by atoms with van der Waals surface area (Å²) in [6.45, 7) is 5.22. The van der Waals surface area contributed by atoms with Crippen molar-refractivity contribution < 1.29 is 45.8 Å². The first-order valence-electron chi connectivity index (χ1n) is 10.2. The summed E-state index contributed by atoms with van der Waals surface area (Å²) in [6, 6.07) is 4.66. The lowest BCUT2D eigenvalue weighted by Crippen LogP contribution is -2.33. The van der Waals surface area contributed by atoms with Crippen LogP contribution in [0.2, 0.25) is 0 Å². The van der Waals surface area contributed by atoms with E-state index in [1.165, 1.54) is 24.4 Å². The van der Waals surface area contributed by atoms with Crippen molar-refractivity contribution in [3.63, 3.8) is 0 Å². The summed E-state index contributed by atoms with van der Waals surface area (Å²) in [6.07, 6.45) is -3.83. The zero-order chi connectivity index (χ0) is 27.8. The normalized spacial score (nSPS) is 11.5. The molecule has 0 radical (unpaired) electrons. The Morgan fingerprint density at radius 2 is 1.69 bits per heavy atom. The predicted molar refractivity (Wildman–Crippen MR) is 123 cm³/mol. The Kier molecular flexibility index (Phi) is 10.6. The number of hydrogen-bond acceptors (Lipinski definition) is 7. The number of anilines is 2. The van der Waals surface area contributed by atoms with Crippen LogP contribution in [0.5, 0.6) is 0 Å². The molecule has 3 N–H and O–H groups in total. The summed E-state index contributed by atoms with van der Waals surface area (Å²) in [5.74, 6) is -4.41. The van der Waals surface area contributed by atoms with Gasteiger partial charge in [-0.3, -0.25) is 4.72 Å². The molecule has 36 heavy (non-hydrogen) atoms. The van der Waals surface area contributed by atoms with E-state index in [4.69, 9.17) is 9.90 Å². The second-order valence-electron chi connectivity index (χ2n) is 7.60. The Hall–Kier alpha value is -3.46. The molecule has 0 spiro atoms. The minimum Gasteiger partial charge on any atom is -0.478 e. The lowest BCUT2D eigenvalue weighted by atomic mass is 10.2. The molecule has 0 bridgehead atoms. The monoisotopic (exact) mass is 538 g/mol. The first kappa shape index (κ1) is 30.6. The first-order chi connectivity index (χ1) is 16.5. The lowest BCUT2D eigenvalue weighted by molar-refractivity contribution is -0.192. The van der Waals surface area contributed by atoms with Crippen LogP contribution in [0.4, 0.5) is 29.1 Å². The van der Waals surface area contributed by atoms with Gasteiger partial charge < -0.3 is 20.0 Å². The van der Waals surface area contributed by atoms with E-state index in [9.17, 15) is 35.9 Å². The fourth-order valence-corrected chi connectivity index (χ4v) is 4.02. The van der Waals surface area contributed by atoms with Gasteiger partial charge in [-0.1, -0.05) is 6.07 Å². The number of aromatic nitrogens is 1. The van der Waals surface area contributed by atoms with E-state index in [-0.39, 0.29) is 22.0 Å². The number of alkyl halides is 3. The Labute approximate surface area is 205 Å². The average molecular weight is 539 g/mol. The van der Waals surface area contributed by atoms with Crippen molar-refractivity contribution in [2.75, 3.05) is 43.4 Å². The van der Waals surface area contributed by atoms with Gasteiger partial charge in [-0.15, -0.1) is 0 Å². The van der Waals surface area contributed by atoms with Crippen molar-refractivity contribution in [2.45, 2.75) is 24.9 Å². The van der Waals surface area contributed by atoms with Crippen molar-refractivity contribution in [2.24, 2.45) is 0 Å². The van der Waals surface area contributed by atoms with Crippen molar-refractivity contribution >= 4 is 33.5 Å². The van der Waals surface area contributed by atoms with Crippen molar-refractivity contribution in [1.29, 1.82) is 0 Å². The molecular weight excluding hydrogens is 512 g/mol. The fraction of sp³-hybridized carbons (Fsp3) is 0.381. The highest BCUT2D eigenvalue weighted by molar-refractivity contribution is 7.92. The highest BCUT2D eigenvalue weighted by Gasteiger charge is 2.38. The van der Waals surface area contributed by atoms with Crippen LogP contribution in [0.1, 0.15) is 22.8 Å². The standard InChI is InChI=1S/C19H25FN4O4S.C2HF3O2/c1-5-24(9-8-23(3)4)18-16(19(25)26)11-15(12-21-18)22-29(27,28)17-10-14(20)7-6-13(17)2;3-2(4,5)1(6)7/h6-7,10-12,22H,5,8-9H2,1-4H3,(H,25,26);(H,6,7). The van der Waals surface area contributed by atoms with Crippen LogP contribution >= 0.6 is 0 Å². The van der Waals surface area contributed by atoms with E-state index in [2.05, 4.69) is 9.71 Å². The average Bonchev–Trinajstić information content (AvgIpc) is 2.75. The largest absolute Gasteiger partial charge is 0.490 e. The van der Waals surface area contributed by atoms with Gasteiger partial charge in [-0.25, -0.2) is 27.4 Å². The number of halogens is 4. The number of likely N-dealkylation sites (N-methyl/N-ethyl adjacent to an activating group) is 2. The maximum absolute atomic E-state index is 13.5. The van der Waals surface area contributed by atoms with Crippen LogP contribution in [0.3, 0.4) is 0 Å². The van der Waals surface area contributed by atoms with Crippen LogP contribution in [-0.2, 0) is 14.8 Å². The van der Waals surface area contributed by atoms with Gasteiger partial charge in [-0.2, -0.15) is 13.2 Å². The lowest BCUT2D eigenvalue weighted by Gasteiger charge is -2.25. The Bertz CT molecular complexity index is 1190. The third-order valence-electron chi connectivity index (χ3n) is 4.53. The number of carboxylic acids is 2. The zero-order valence-electron chi connectivity index (χ0n) is 19.8. The van der Waals surface area contributed by atoms with Crippen LogP contribution < -0.4 is 9.62 Å². The number of rotatable bonds is 9. The summed E-state index contributed by atoms with van der Waals surface area (Å²) in [4.78, 5) is 28.4. The van der Waals surface area contributed by atoms with Crippen molar-refractivity contribution in [3.8, 4) is 0 Å². The Morgan fingerprint density at radius 3 is 2.17 bits per heavy atom. The van der Waals surface area contributed by atoms with Gasteiger partial charge in [0.05, 0.1) is 16.8 Å². The molecule has 0 atom stereocenters. The molecule has 0 saturated heterocycles. The fourth-order valence-electron chi connectivity index (χ4n) is 2.73. The third kappa shape index (κ3) is 8.96. The second kappa shape index (κ2) is 12.5. The maximum Gasteiger partial charge on any atom is 0.490 e. The number of pyridine rings is 1. The molecule has 200 valence electrons. The summed E-state index contributed by atoms with van der Waals surface area (Å²) >= 11 is 0. The molecule has 2 rings (SSSR count). The number of aromatic carboxylic acids is 1. The molecule has 0 fully saturated rings. The number of carboxylic acid groups (broad SMARTS) is 2. The molecule has 1 aromatic carbocycles. The van der Waals surface area contributed by atoms with Crippen LogP contribution in [0, 0.1) is 12.7 Å². The highest BCUT2D eigenvalue weighted by atomic mass is 32.2. The number of hydrogen-bond donors (Lipinski definition) is 3. The highest BCUT2D eigenvalue weighted by Crippen LogP contribution is 2.25. The summed E-state index contributed by atoms with van der Waals surface area (Å²) in [5, 5.41) is 16.7. The molecule has 0 amide bonds. The third-order valence-corrected chi connectivity index (χ3v) is 6.05. The molecule has 0 saturated carbocycles. The van der Waals surface area contributed by atoms with Gasteiger partial charge in [0.2, 0.25) is 0 Å². The Balaban J connectivity index is 0.000000809. The minimum atomic E-state index is -5.08. The van der Waals surface area contributed by atoms with Gasteiger partial charge in [0.15, 0.2) is 0 Å². The predicted octanol–water partition coefficient (Wildman–Crippen LogP) is 3.05. The van der Waals surface area contributed by atoms with E-state index in [1.54, 1.807) is 11.8 Å². The Morgan fingerprint density at radius 1 is 1.11 bits per heavy atom. The van der Waals surface area contributed by atoms with Gasteiger partial charge >= 0.3 is 18.1 Å². The summed E-state index contributed by atoms with van der Waals surface area (Å²) in [7, 11) is -0.296. The molecular formula is C21H26F4N4O6S. The first-order valence-corrected chi connectivity index (χ1v) is 11.7. The molecule has 1 aromatic heterocycles. The summed E-state index contributed by atoms with van der Waals surface area (Å²) in [5.41, 5.74) is 0.225. The quantitative estimate of drug-likeness (QED) is 0.411. The number of carbonyl (C=O) groups is 2. The number of aryl methyl sites for hydroxylation is 1. The zero-order valence-corrected chi connectivity index (χ0v) is 20.6. The smallest absolute Gasteiger partial charge is 0.478 e. The SMILES string of the molecule is CCN(CCN(C)C)c1ncc(NS(=O)(=O)c2cc(F)ccc2C)cc1C(=O)O.O=C(O)C(F)(F)F. The number of benzene rings is 1. The number of nitrogens with one attached hydrogen (secondary N) is 1. The van der Waals surface area contributed by atoms with E-state index in [1.807, 2.05) is 25.9 Å². The van der Waals surface area contributed by atoms with Crippen molar-refractivity contribution in [1.82, 2.24) is 9.88 Å². The van der Waals surface area contributed by atoms with Gasteiger partial charge in [0, 0.05) is 19.6 Å². The molecule has 15 heteroatoms. The molecule has 0 aliphatic rings. The topological polar surface area (TPSA) is 140 Å². The van der Waals surface area contributed by atoms with Crippen LogP contribution in [-0.4, -0.2) is 80.4 Å². The van der Waals surface area contributed by atoms with E-state index in [0.29, 0.717) is 25.2 Å². The van der Waals surface area contributed by atoms with Gasteiger partial charge in [-0.05, 0) is 51.7 Å². The van der Waals surface area contributed by atoms with E-state index >= 15 is 0 Å².